The molecule has 0 unspecified atom stereocenters. The number of pyridine rings is 1. The van der Waals surface area contributed by atoms with E-state index in [2.05, 4.69) is 41.5 Å². The van der Waals surface area contributed by atoms with E-state index in [4.69, 9.17) is 0 Å². The van der Waals surface area contributed by atoms with E-state index in [1.54, 1.807) is 24.5 Å². The third-order valence-corrected chi connectivity index (χ3v) is 5.19. The summed E-state index contributed by atoms with van der Waals surface area (Å²) in [5.41, 5.74) is 3.03. The molecule has 0 radical (unpaired) electrons. The van der Waals surface area contributed by atoms with Gasteiger partial charge in [-0.05, 0) is 49.8 Å². The Labute approximate surface area is 160 Å². The Morgan fingerprint density at radius 3 is 2.56 bits per heavy atom. The van der Waals surface area contributed by atoms with Crippen molar-refractivity contribution < 1.29 is 9.59 Å². The number of likely N-dealkylation sites (tertiary alicyclic amines) is 1. The van der Waals surface area contributed by atoms with Gasteiger partial charge in [-0.1, -0.05) is 29.8 Å². The summed E-state index contributed by atoms with van der Waals surface area (Å²) in [6.07, 6.45) is 6.45. The van der Waals surface area contributed by atoms with Gasteiger partial charge in [0.25, 0.3) is 5.91 Å². The van der Waals surface area contributed by atoms with Crippen molar-refractivity contribution in [1.29, 1.82) is 0 Å². The maximum absolute atomic E-state index is 12.4. The maximum Gasteiger partial charge on any atom is 0.252 e. The zero-order chi connectivity index (χ0) is 19.1. The third kappa shape index (κ3) is 5.64. The van der Waals surface area contributed by atoms with Crippen LogP contribution in [0.25, 0.3) is 0 Å². The molecule has 5 heteroatoms. The Morgan fingerprint density at radius 1 is 1.15 bits per heavy atom. The molecule has 142 valence electrons. The van der Waals surface area contributed by atoms with Crippen molar-refractivity contribution in [3.63, 3.8) is 0 Å². The van der Waals surface area contributed by atoms with Crippen LogP contribution in [-0.4, -0.2) is 41.3 Å². The molecular weight excluding hydrogens is 338 g/mol. The first-order valence-corrected chi connectivity index (χ1v) is 9.63. The van der Waals surface area contributed by atoms with E-state index >= 15 is 0 Å². The fourth-order valence-corrected chi connectivity index (χ4v) is 3.39. The average molecular weight is 365 g/mol. The monoisotopic (exact) mass is 365 g/mol. The molecule has 1 aliphatic heterocycles. The van der Waals surface area contributed by atoms with Crippen LogP contribution in [0, 0.1) is 12.8 Å². The summed E-state index contributed by atoms with van der Waals surface area (Å²) >= 11 is 0. The molecule has 0 atom stereocenters. The highest BCUT2D eigenvalue weighted by Crippen LogP contribution is 2.18. The van der Waals surface area contributed by atoms with Crippen LogP contribution in [0.3, 0.4) is 0 Å². The number of piperidine rings is 1. The molecule has 2 aromatic rings. The summed E-state index contributed by atoms with van der Waals surface area (Å²) in [5, 5.41) is 2.98. The number of benzene rings is 1. The predicted molar refractivity (Wildman–Crippen MR) is 105 cm³/mol. The number of amides is 2. The second kappa shape index (κ2) is 9.31. The lowest BCUT2D eigenvalue weighted by atomic mass is 9.96. The van der Waals surface area contributed by atoms with E-state index in [0.29, 0.717) is 24.4 Å². The van der Waals surface area contributed by atoms with Crippen LogP contribution >= 0.6 is 0 Å². The topological polar surface area (TPSA) is 62.3 Å². The van der Waals surface area contributed by atoms with Crippen molar-refractivity contribution in [1.82, 2.24) is 15.2 Å². The summed E-state index contributed by atoms with van der Waals surface area (Å²) in [6.45, 7) is 4.28. The molecule has 0 aliphatic carbocycles. The van der Waals surface area contributed by atoms with E-state index in [9.17, 15) is 9.59 Å². The molecule has 1 fully saturated rings. The van der Waals surface area contributed by atoms with Crippen molar-refractivity contribution in [2.24, 2.45) is 5.92 Å². The minimum Gasteiger partial charge on any atom is -0.352 e. The summed E-state index contributed by atoms with van der Waals surface area (Å²) in [7, 11) is 0. The number of nitrogens with one attached hydrogen (secondary N) is 1. The summed E-state index contributed by atoms with van der Waals surface area (Å²) in [5.74, 6) is 0.569. The van der Waals surface area contributed by atoms with Gasteiger partial charge in [-0.25, -0.2) is 0 Å². The van der Waals surface area contributed by atoms with Gasteiger partial charge in [0.1, 0.15) is 0 Å². The molecule has 1 saturated heterocycles. The molecule has 0 saturated carbocycles. The number of aromatic nitrogens is 1. The highest BCUT2D eigenvalue weighted by Gasteiger charge is 2.23. The van der Waals surface area contributed by atoms with Crippen molar-refractivity contribution in [2.45, 2.75) is 32.6 Å². The minimum absolute atomic E-state index is 0.0836. The maximum atomic E-state index is 12.4. The normalized spacial score (nSPS) is 14.8. The second-order valence-electron chi connectivity index (χ2n) is 7.26. The van der Waals surface area contributed by atoms with Gasteiger partial charge in [0.05, 0.1) is 5.56 Å². The first-order chi connectivity index (χ1) is 13.1. The highest BCUT2D eigenvalue weighted by molar-refractivity contribution is 5.93. The lowest BCUT2D eigenvalue weighted by molar-refractivity contribution is -0.132. The number of aryl methyl sites for hydroxylation is 2. The molecule has 0 spiro atoms. The van der Waals surface area contributed by atoms with Crippen LogP contribution in [0.4, 0.5) is 0 Å². The van der Waals surface area contributed by atoms with Gasteiger partial charge < -0.3 is 10.2 Å². The predicted octanol–water partition coefficient (Wildman–Crippen LogP) is 2.99. The molecule has 2 heterocycles. The van der Waals surface area contributed by atoms with Gasteiger partial charge in [0.15, 0.2) is 0 Å². The van der Waals surface area contributed by atoms with Crippen molar-refractivity contribution in [3.8, 4) is 0 Å². The van der Waals surface area contributed by atoms with Crippen LogP contribution in [0.2, 0.25) is 0 Å². The SMILES string of the molecule is Cc1ccc(CCC(=O)N2CCC(CNC(=O)c3cccnc3)CC2)cc1. The number of carbonyl (C=O) groups is 2. The molecule has 3 rings (SSSR count). The van der Waals surface area contributed by atoms with Gasteiger partial charge >= 0.3 is 0 Å². The Balaban J connectivity index is 1.37. The molecule has 2 amide bonds. The molecule has 0 bridgehead atoms. The first kappa shape index (κ1) is 19.1. The van der Waals surface area contributed by atoms with Crippen LogP contribution < -0.4 is 5.32 Å². The minimum atomic E-state index is -0.0836. The van der Waals surface area contributed by atoms with Gasteiger partial charge in [-0.3, -0.25) is 14.6 Å². The Kier molecular flexibility index (Phi) is 6.58. The van der Waals surface area contributed by atoms with E-state index < -0.39 is 0 Å². The van der Waals surface area contributed by atoms with Crippen LogP contribution in [-0.2, 0) is 11.2 Å². The lowest BCUT2D eigenvalue weighted by Gasteiger charge is -2.32. The lowest BCUT2D eigenvalue weighted by Crippen LogP contribution is -2.41. The van der Waals surface area contributed by atoms with Crippen molar-refractivity contribution in [2.75, 3.05) is 19.6 Å². The summed E-state index contributed by atoms with van der Waals surface area (Å²) in [6, 6.07) is 11.9. The highest BCUT2D eigenvalue weighted by atomic mass is 16.2. The molecule has 5 nitrogen and oxygen atoms in total. The Hall–Kier alpha value is -2.69. The molecular formula is C22H27N3O2. The fraction of sp³-hybridized carbons (Fsp3) is 0.409. The fourth-order valence-electron chi connectivity index (χ4n) is 3.39. The van der Waals surface area contributed by atoms with Gasteiger partial charge in [-0.15, -0.1) is 0 Å². The van der Waals surface area contributed by atoms with Gasteiger partial charge in [-0.2, -0.15) is 0 Å². The van der Waals surface area contributed by atoms with Crippen LogP contribution in [0.15, 0.2) is 48.8 Å². The molecule has 1 aromatic heterocycles. The zero-order valence-corrected chi connectivity index (χ0v) is 15.9. The van der Waals surface area contributed by atoms with Crippen molar-refractivity contribution >= 4 is 11.8 Å². The third-order valence-electron chi connectivity index (χ3n) is 5.19. The van der Waals surface area contributed by atoms with Crippen LogP contribution in [0.1, 0.15) is 40.7 Å². The van der Waals surface area contributed by atoms with Crippen molar-refractivity contribution in [3.05, 3.63) is 65.5 Å². The molecule has 1 N–H and O–H groups in total. The van der Waals surface area contributed by atoms with Gasteiger partial charge in [0.2, 0.25) is 5.91 Å². The van der Waals surface area contributed by atoms with E-state index in [1.165, 1.54) is 11.1 Å². The molecule has 1 aliphatic rings. The smallest absolute Gasteiger partial charge is 0.252 e. The summed E-state index contributed by atoms with van der Waals surface area (Å²) in [4.78, 5) is 30.5. The van der Waals surface area contributed by atoms with E-state index in [0.717, 1.165) is 32.4 Å². The number of rotatable bonds is 6. The molecule has 1 aromatic carbocycles. The number of nitrogens with zero attached hydrogens (tertiary/aromatic N) is 2. The summed E-state index contributed by atoms with van der Waals surface area (Å²) < 4.78 is 0. The Bertz CT molecular complexity index is 751. The standard InChI is InChI=1S/C22H27N3O2/c1-17-4-6-18(7-5-17)8-9-21(26)25-13-10-19(11-14-25)15-24-22(27)20-3-2-12-23-16-20/h2-7,12,16,19H,8-11,13-15H2,1H3,(H,24,27). The van der Waals surface area contributed by atoms with E-state index in [1.807, 2.05) is 4.90 Å². The Morgan fingerprint density at radius 2 is 1.89 bits per heavy atom. The van der Waals surface area contributed by atoms with Gasteiger partial charge in [0, 0.05) is 38.4 Å². The largest absolute Gasteiger partial charge is 0.352 e. The quantitative estimate of drug-likeness (QED) is 0.856. The average Bonchev–Trinajstić information content (AvgIpc) is 2.72. The number of hydrogen-bond donors (Lipinski definition) is 1. The number of hydrogen-bond acceptors (Lipinski definition) is 3. The zero-order valence-electron chi connectivity index (χ0n) is 15.9. The first-order valence-electron chi connectivity index (χ1n) is 9.63. The molecule has 27 heavy (non-hydrogen) atoms. The number of carbonyl (C=O) groups excluding carboxylic acids is 2. The van der Waals surface area contributed by atoms with E-state index in [-0.39, 0.29) is 11.8 Å². The second-order valence-corrected chi connectivity index (χ2v) is 7.26. The van der Waals surface area contributed by atoms with Crippen LogP contribution in [0.5, 0.6) is 0 Å².